The van der Waals surface area contributed by atoms with Crippen molar-refractivity contribution in [1.29, 1.82) is 0 Å². The van der Waals surface area contributed by atoms with Crippen LogP contribution >= 0.6 is 23.2 Å². The Morgan fingerprint density at radius 3 is 2.56 bits per heavy atom. The number of hydrogen-bond acceptors (Lipinski definition) is 4. The molecule has 2 aromatic rings. The lowest BCUT2D eigenvalue weighted by atomic mass is 10.3. The lowest BCUT2D eigenvalue weighted by molar-refractivity contribution is -0.116. The number of anilines is 1. The molecular formula is C16H16Cl2N2O4S. The van der Waals surface area contributed by atoms with Crippen molar-refractivity contribution in [1.82, 2.24) is 4.31 Å². The molecule has 0 unspecified atom stereocenters. The van der Waals surface area contributed by atoms with Crippen molar-refractivity contribution in [3.63, 3.8) is 0 Å². The SMILES string of the molecule is COc1cccc(NC(=O)CN(C)S(=O)(=O)c2cccc(Cl)c2Cl)c1. The Morgan fingerprint density at radius 2 is 1.88 bits per heavy atom. The number of hydrogen-bond donors (Lipinski definition) is 1. The normalized spacial score (nSPS) is 11.4. The Kier molecular flexibility index (Phi) is 6.29. The third kappa shape index (κ3) is 4.64. The molecule has 0 aliphatic heterocycles. The van der Waals surface area contributed by atoms with Crippen LogP contribution in [-0.4, -0.2) is 39.3 Å². The smallest absolute Gasteiger partial charge is 0.244 e. The van der Waals surface area contributed by atoms with Crippen molar-refractivity contribution in [3.8, 4) is 5.75 Å². The molecule has 0 bridgehead atoms. The summed E-state index contributed by atoms with van der Waals surface area (Å²) in [5.41, 5.74) is 0.496. The number of sulfonamides is 1. The highest BCUT2D eigenvalue weighted by molar-refractivity contribution is 7.89. The number of amides is 1. The van der Waals surface area contributed by atoms with Gasteiger partial charge in [0.15, 0.2) is 0 Å². The molecule has 134 valence electrons. The zero-order valence-electron chi connectivity index (χ0n) is 13.5. The van der Waals surface area contributed by atoms with E-state index in [1.165, 1.54) is 32.4 Å². The van der Waals surface area contributed by atoms with Gasteiger partial charge >= 0.3 is 0 Å². The molecule has 0 radical (unpaired) electrons. The molecule has 0 saturated heterocycles. The standard InChI is InChI=1S/C16H16Cl2N2O4S/c1-20(25(22,23)14-8-4-7-13(17)16(14)18)10-15(21)19-11-5-3-6-12(9-11)24-2/h3-9H,10H2,1-2H3,(H,19,21). The highest BCUT2D eigenvalue weighted by Gasteiger charge is 2.26. The van der Waals surface area contributed by atoms with Crippen molar-refractivity contribution in [2.75, 3.05) is 26.0 Å². The molecule has 0 aliphatic carbocycles. The Balaban J connectivity index is 2.13. The molecule has 6 nitrogen and oxygen atoms in total. The first-order valence-corrected chi connectivity index (χ1v) is 9.29. The van der Waals surface area contributed by atoms with E-state index in [0.717, 1.165) is 4.31 Å². The van der Waals surface area contributed by atoms with Crippen LogP contribution in [0.15, 0.2) is 47.4 Å². The maximum absolute atomic E-state index is 12.6. The van der Waals surface area contributed by atoms with Gasteiger partial charge in [-0.2, -0.15) is 4.31 Å². The van der Waals surface area contributed by atoms with Gasteiger partial charge in [-0.1, -0.05) is 35.3 Å². The Bertz CT molecular complexity index is 887. The van der Waals surface area contributed by atoms with E-state index in [1.54, 1.807) is 24.3 Å². The predicted molar refractivity (Wildman–Crippen MR) is 97.9 cm³/mol. The molecular weight excluding hydrogens is 387 g/mol. The number of likely N-dealkylation sites (N-methyl/N-ethyl adjacent to an activating group) is 1. The molecule has 25 heavy (non-hydrogen) atoms. The van der Waals surface area contributed by atoms with E-state index in [9.17, 15) is 13.2 Å². The minimum absolute atomic E-state index is 0.0794. The summed E-state index contributed by atoms with van der Waals surface area (Å²) in [4.78, 5) is 12.0. The number of ether oxygens (including phenoxy) is 1. The van der Waals surface area contributed by atoms with Crippen LogP contribution in [0, 0.1) is 0 Å². The van der Waals surface area contributed by atoms with Gasteiger partial charge in [0.2, 0.25) is 15.9 Å². The maximum atomic E-state index is 12.6. The highest BCUT2D eigenvalue weighted by atomic mass is 35.5. The van der Waals surface area contributed by atoms with E-state index in [0.29, 0.717) is 11.4 Å². The van der Waals surface area contributed by atoms with Crippen molar-refractivity contribution < 1.29 is 17.9 Å². The maximum Gasteiger partial charge on any atom is 0.244 e. The second-order valence-corrected chi connectivity index (χ2v) is 7.89. The third-order valence-electron chi connectivity index (χ3n) is 3.32. The van der Waals surface area contributed by atoms with Crippen LogP contribution in [0.2, 0.25) is 10.0 Å². The van der Waals surface area contributed by atoms with Crippen LogP contribution in [-0.2, 0) is 14.8 Å². The van der Waals surface area contributed by atoms with Gasteiger partial charge in [0.05, 0.1) is 23.7 Å². The summed E-state index contributed by atoms with van der Waals surface area (Å²) < 4.78 is 31.1. The number of benzene rings is 2. The van der Waals surface area contributed by atoms with Gasteiger partial charge in [-0.05, 0) is 24.3 Å². The van der Waals surface area contributed by atoms with Gasteiger partial charge in [0.1, 0.15) is 10.6 Å². The van der Waals surface area contributed by atoms with Crippen LogP contribution in [0.5, 0.6) is 5.75 Å². The number of nitrogens with zero attached hydrogens (tertiary/aromatic N) is 1. The zero-order chi connectivity index (χ0) is 18.6. The average molecular weight is 403 g/mol. The Morgan fingerprint density at radius 1 is 1.20 bits per heavy atom. The minimum Gasteiger partial charge on any atom is -0.497 e. The molecule has 0 saturated carbocycles. The lowest BCUT2D eigenvalue weighted by Crippen LogP contribution is -2.35. The molecule has 1 amide bonds. The predicted octanol–water partition coefficient (Wildman–Crippen LogP) is 3.26. The Hall–Kier alpha value is -1.80. The first-order valence-electron chi connectivity index (χ1n) is 7.10. The van der Waals surface area contributed by atoms with Gasteiger partial charge in [0, 0.05) is 18.8 Å². The van der Waals surface area contributed by atoms with E-state index in [4.69, 9.17) is 27.9 Å². The van der Waals surface area contributed by atoms with Crippen LogP contribution < -0.4 is 10.1 Å². The van der Waals surface area contributed by atoms with E-state index in [2.05, 4.69) is 5.32 Å². The number of nitrogens with one attached hydrogen (secondary N) is 1. The molecule has 9 heteroatoms. The summed E-state index contributed by atoms with van der Waals surface area (Å²) in [6.07, 6.45) is 0. The fourth-order valence-electron chi connectivity index (χ4n) is 2.04. The van der Waals surface area contributed by atoms with Gasteiger partial charge < -0.3 is 10.1 Å². The van der Waals surface area contributed by atoms with Crippen LogP contribution in [0.25, 0.3) is 0 Å². The van der Waals surface area contributed by atoms with Gasteiger partial charge in [0.25, 0.3) is 0 Å². The minimum atomic E-state index is -3.96. The largest absolute Gasteiger partial charge is 0.497 e. The fourth-order valence-corrected chi connectivity index (χ4v) is 3.90. The number of methoxy groups -OCH3 is 1. The van der Waals surface area contributed by atoms with Crippen molar-refractivity contribution >= 4 is 44.8 Å². The fraction of sp³-hybridized carbons (Fsp3) is 0.188. The number of halogens is 2. The summed E-state index contributed by atoms with van der Waals surface area (Å²) >= 11 is 11.8. The van der Waals surface area contributed by atoms with Crippen molar-refractivity contribution in [2.24, 2.45) is 0 Å². The second-order valence-electron chi connectivity index (χ2n) is 5.09. The van der Waals surface area contributed by atoms with E-state index in [1.807, 2.05) is 0 Å². The summed E-state index contributed by atoms with van der Waals surface area (Å²) in [5.74, 6) is 0.0713. The third-order valence-corrected chi connectivity index (χ3v) is 6.10. The Labute approximate surface area is 156 Å². The van der Waals surface area contributed by atoms with Crippen LogP contribution in [0.3, 0.4) is 0 Å². The summed E-state index contributed by atoms with van der Waals surface area (Å²) in [5, 5.41) is 2.66. The topological polar surface area (TPSA) is 75.7 Å². The number of carbonyl (C=O) groups excluding carboxylic acids is 1. The van der Waals surface area contributed by atoms with Gasteiger partial charge in [-0.15, -0.1) is 0 Å². The van der Waals surface area contributed by atoms with E-state index in [-0.39, 0.29) is 21.5 Å². The van der Waals surface area contributed by atoms with Crippen LogP contribution in [0.4, 0.5) is 5.69 Å². The molecule has 0 heterocycles. The summed E-state index contributed by atoms with van der Waals surface area (Å²) in [6.45, 7) is -0.387. The van der Waals surface area contributed by atoms with Gasteiger partial charge in [-0.3, -0.25) is 4.79 Å². The monoisotopic (exact) mass is 402 g/mol. The van der Waals surface area contributed by atoms with E-state index >= 15 is 0 Å². The quantitative estimate of drug-likeness (QED) is 0.804. The highest BCUT2D eigenvalue weighted by Crippen LogP contribution is 2.30. The summed E-state index contributed by atoms with van der Waals surface area (Å²) in [6, 6.07) is 11.0. The molecule has 0 atom stereocenters. The second kappa shape index (κ2) is 8.05. The zero-order valence-corrected chi connectivity index (χ0v) is 15.8. The van der Waals surface area contributed by atoms with Crippen molar-refractivity contribution in [2.45, 2.75) is 4.90 Å². The molecule has 0 aliphatic rings. The number of rotatable bonds is 6. The van der Waals surface area contributed by atoms with Crippen LogP contribution in [0.1, 0.15) is 0 Å². The average Bonchev–Trinajstić information content (AvgIpc) is 2.57. The molecule has 0 fully saturated rings. The molecule has 0 aromatic heterocycles. The first-order chi connectivity index (χ1) is 11.8. The molecule has 2 aromatic carbocycles. The van der Waals surface area contributed by atoms with Crippen molar-refractivity contribution in [3.05, 3.63) is 52.5 Å². The van der Waals surface area contributed by atoms with E-state index < -0.39 is 15.9 Å². The number of carbonyl (C=O) groups is 1. The molecule has 0 spiro atoms. The van der Waals surface area contributed by atoms with Gasteiger partial charge in [-0.25, -0.2) is 8.42 Å². The molecule has 2 rings (SSSR count). The summed E-state index contributed by atoms with van der Waals surface area (Å²) in [7, 11) is -1.16. The first kappa shape index (κ1) is 19.5. The molecule has 1 N–H and O–H groups in total. The lowest BCUT2D eigenvalue weighted by Gasteiger charge is -2.18.